The van der Waals surface area contributed by atoms with E-state index in [1.807, 2.05) is 0 Å². The monoisotopic (exact) mass is 683 g/mol. The van der Waals surface area contributed by atoms with Gasteiger partial charge in [0.2, 0.25) is 0 Å². The number of anilines is 5. The molecule has 248 valence electrons. The molecule has 3 nitrogen and oxygen atoms in total. The Morgan fingerprint density at radius 1 is 0.378 bits per heavy atom. The van der Waals surface area contributed by atoms with Gasteiger partial charge in [-0.3, -0.25) is 0 Å². The minimum atomic E-state index is -6.63. The molecule has 0 amide bonds. The molecular formula is C24H11F18N3. The lowest BCUT2D eigenvalue weighted by Gasteiger charge is -2.34. The number of benzene rings is 3. The van der Waals surface area contributed by atoms with E-state index in [-0.39, 0.29) is 0 Å². The summed E-state index contributed by atoms with van der Waals surface area (Å²) in [5, 5.41) is 0. The molecule has 45 heavy (non-hydrogen) atoms. The quantitative estimate of drug-likeness (QED) is 0.214. The smallest absolute Gasteiger partial charge is 0.398 e. The van der Waals surface area contributed by atoms with Gasteiger partial charge in [-0.05, 0) is 24.3 Å². The molecule has 0 saturated heterocycles. The highest BCUT2D eigenvalue weighted by molar-refractivity contribution is 5.87. The van der Waals surface area contributed by atoms with Crippen LogP contribution in [0.3, 0.4) is 0 Å². The van der Waals surface area contributed by atoms with Gasteiger partial charge in [0.25, 0.3) is 0 Å². The summed E-state index contributed by atoms with van der Waals surface area (Å²) in [4.78, 5) is -0.705. The SMILES string of the molecule is Nc1cc(N(c2ccccc2)c2cc(N)c(C(F)(F)F)c(C(F)(F)F)c2C(F)(F)F)c(C(F)(F)F)c(C(F)(F)F)c1C(F)(F)F. The van der Waals surface area contributed by atoms with Crippen molar-refractivity contribution in [3.8, 4) is 0 Å². The number of nitrogen functional groups attached to an aromatic ring is 2. The molecule has 0 radical (unpaired) electrons. The molecule has 0 saturated carbocycles. The Morgan fingerprint density at radius 3 is 0.889 bits per heavy atom. The molecule has 0 aliphatic rings. The Kier molecular flexibility index (Phi) is 8.40. The highest BCUT2D eigenvalue weighted by atomic mass is 19.4. The van der Waals surface area contributed by atoms with E-state index in [2.05, 4.69) is 0 Å². The van der Waals surface area contributed by atoms with Gasteiger partial charge < -0.3 is 16.4 Å². The van der Waals surface area contributed by atoms with Crippen molar-refractivity contribution in [1.82, 2.24) is 0 Å². The molecule has 3 aromatic rings. The Morgan fingerprint density at radius 2 is 0.644 bits per heavy atom. The van der Waals surface area contributed by atoms with Crippen LogP contribution in [-0.4, -0.2) is 0 Å². The summed E-state index contributed by atoms with van der Waals surface area (Å²) in [6.45, 7) is 0. The number of hydrogen-bond donors (Lipinski definition) is 2. The van der Waals surface area contributed by atoms with Crippen LogP contribution < -0.4 is 16.4 Å². The summed E-state index contributed by atoms with van der Waals surface area (Å²) in [5.41, 5.74) is -20.5. The van der Waals surface area contributed by atoms with E-state index >= 15 is 0 Å². The molecule has 3 aromatic carbocycles. The van der Waals surface area contributed by atoms with Crippen molar-refractivity contribution < 1.29 is 79.0 Å². The molecule has 4 N–H and O–H groups in total. The largest absolute Gasteiger partial charge is 0.419 e. The van der Waals surface area contributed by atoms with E-state index in [1.54, 1.807) is 0 Å². The van der Waals surface area contributed by atoms with Crippen molar-refractivity contribution in [3.63, 3.8) is 0 Å². The average Bonchev–Trinajstić information content (AvgIpc) is 2.79. The molecule has 0 atom stereocenters. The van der Waals surface area contributed by atoms with Crippen molar-refractivity contribution in [2.75, 3.05) is 16.4 Å². The van der Waals surface area contributed by atoms with E-state index in [0.29, 0.717) is 12.1 Å². The predicted molar refractivity (Wildman–Crippen MR) is 120 cm³/mol. The van der Waals surface area contributed by atoms with Crippen LogP contribution in [0.25, 0.3) is 0 Å². The van der Waals surface area contributed by atoms with Gasteiger partial charge in [0.1, 0.15) is 0 Å². The number of para-hydroxylation sites is 1. The highest BCUT2D eigenvalue weighted by Crippen LogP contribution is 2.58. The van der Waals surface area contributed by atoms with Crippen LogP contribution in [0, 0.1) is 0 Å². The Labute approximate surface area is 237 Å². The lowest BCUT2D eigenvalue weighted by molar-refractivity contribution is -0.174. The first kappa shape index (κ1) is 35.3. The summed E-state index contributed by atoms with van der Waals surface area (Å²) in [7, 11) is 0. The fraction of sp³-hybridized carbons (Fsp3) is 0.250. The Bertz CT molecular complexity index is 1470. The zero-order chi connectivity index (χ0) is 34.9. The van der Waals surface area contributed by atoms with Crippen molar-refractivity contribution in [3.05, 3.63) is 75.8 Å². The maximum atomic E-state index is 14.3. The van der Waals surface area contributed by atoms with Gasteiger partial charge in [-0.25, -0.2) is 0 Å². The maximum Gasteiger partial charge on any atom is 0.419 e. The van der Waals surface area contributed by atoms with E-state index < -0.39 is 116 Å². The van der Waals surface area contributed by atoms with Gasteiger partial charge in [0, 0.05) is 17.1 Å². The molecular weight excluding hydrogens is 672 g/mol. The number of nitrogens with zero attached hydrogens (tertiary/aromatic N) is 1. The zero-order valence-electron chi connectivity index (χ0n) is 20.9. The topological polar surface area (TPSA) is 55.3 Å². The Balaban J connectivity index is 2.82. The van der Waals surface area contributed by atoms with Crippen LogP contribution in [0.1, 0.15) is 33.4 Å². The standard InChI is InChI=1S/C24H11F18N3/c25-19(26,27)13-9(43)6-11(15(21(31,32)33)17(13)23(37,38)39)45(8-4-2-1-3-5-8)12-7-10(44)14(20(28,29)30)18(24(40,41)42)16(12)22(34,35)36/h1-7H,43-44H2. The predicted octanol–water partition coefficient (Wildman–Crippen LogP) is 10.4. The number of alkyl halides is 18. The van der Waals surface area contributed by atoms with E-state index in [4.69, 9.17) is 11.5 Å². The van der Waals surface area contributed by atoms with Crippen molar-refractivity contribution in [1.29, 1.82) is 0 Å². The number of nitrogens with two attached hydrogens (primary N) is 2. The van der Waals surface area contributed by atoms with Gasteiger partial charge in [0.05, 0.1) is 44.8 Å². The molecule has 0 unspecified atom stereocenters. The Hall–Kier alpha value is -4.20. The van der Waals surface area contributed by atoms with Crippen LogP contribution in [0.15, 0.2) is 42.5 Å². The second-order valence-corrected chi connectivity index (χ2v) is 8.88. The molecule has 0 fully saturated rings. The summed E-state index contributed by atoms with van der Waals surface area (Å²) in [5.74, 6) is 0. The fourth-order valence-electron chi connectivity index (χ4n) is 4.47. The summed E-state index contributed by atoms with van der Waals surface area (Å²) in [6, 6.07) is 2.34. The van der Waals surface area contributed by atoms with Gasteiger partial charge in [-0.2, -0.15) is 79.0 Å². The van der Waals surface area contributed by atoms with Gasteiger partial charge >= 0.3 is 37.1 Å². The van der Waals surface area contributed by atoms with Crippen LogP contribution in [0.5, 0.6) is 0 Å². The molecule has 0 aromatic heterocycles. The van der Waals surface area contributed by atoms with Gasteiger partial charge in [0.15, 0.2) is 0 Å². The number of rotatable bonds is 3. The zero-order valence-corrected chi connectivity index (χ0v) is 20.9. The molecule has 0 bridgehead atoms. The summed E-state index contributed by atoms with van der Waals surface area (Å²) < 4.78 is 252. The number of hydrogen-bond acceptors (Lipinski definition) is 3. The first-order chi connectivity index (χ1) is 20.0. The van der Waals surface area contributed by atoms with Crippen LogP contribution in [0.4, 0.5) is 107 Å². The molecule has 0 aliphatic heterocycles. The average molecular weight is 683 g/mol. The second-order valence-electron chi connectivity index (χ2n) is 8.88. The third kappa shape index (κ3) is 6.75. The molecule has 0 heterocycles. The molecule has 21 heteroatoms. The van der Waals surface area contributed by atoms with E-state index in [0.717, 1.165) is 18.2 Å². The highest BCUT2D eigenvalue weighted by Gasteiger charge is 2.56. The van der Waals surface area contributed by atoms with Crippen LogP contribution in [-0.2, 0) is 37.1 Å². The minimum Gasteiger partial charge on any atom is -0.398 e. The lowest BCUT2D eigenvalue weighted by Crippen LogP contribution is -2.30. The third-order valence-electron chi connectivity index (χ3n) is 5.87. The lowest BCUT2D eigenvalue weighted by atomic mass is 9.92. The van der Waals surface area contributed by atoms with Crippen molar-refractivity contribution in [2.45, 2.75) is 37.1 Å². The van der Waals surface area contributed by atoms with Gasteiger partial charge in [-0.15, -0.1) is 0 Å². The second kappa shape index (κ2) is 10.7. The van der Waals surface area contributed by atoms with Crippen LogP contribution in [0.2, 0.25) is 0 Å². The first-order valence-electron chi connectivity index (χ1n) is 11.2. The third-order valence-corrected chi connectivity index (χ3v) is 5.87. The normalized spacial score (nSPS) is 13.7. The summed E-state index contributed by atoms with van der Waals surface area (Å²) in [6.07, 6.45) is -39.0. The van der Waals surface area contributed by atoms with E-state index in [9.17, 15) is 79.0 Å². The van der Waals surface area contributed by atoms with Gasteiger partial charge in [-0.1, -0.05) is 18.2 Å². The van der Waals surface area contributed by atoms with Crippen molar-refractivity contribution in [2.24, 2.45) is 0 Å². The fourth-order valence-corrected chi connectivity index (χ4v) is 4.47. The summed E-state index contributed by atoms with van der Waals surface area (Å²) >= 11 is 0. The molecule has 3 rings (SSSR count). The van der Waals surface area contributed by atoms with Crippen molar-refractivity contribution >= 4 is 28.4 Å². The van der Waals surface area contributed by atoms with E-state index in [1.165, 1.54) is 0 Å². The molecule has 0 spiro atoms. The van der Waals surface area contributed by atoms with Crippen LogP contribution >= 0.6 is 0 Å². The number of halogens is 18. The maximum absolute atomic E-state index is 14.3. The molecule has 0 aliphatic carbocycles. The minimum absolute atomic E-state index is 0.475. The first-order valence-corrected chi connectivity index (χ1v) is 11.2.